The molecule has 3 aromatic heterocycles. The SMILES string of the molecule is Cn1c(-c2ccc(/C=C(/C(N)=O)c3cccnc3)cc2)nc2c(=O)n(C3CCCCC3)c(=O)n(C3CCCCC3)c21. The van der Waals surface area contributed by atoms with Crippen LogP contribution in [-0.4, -0.2) is 29.6 Å². The van der Waals surface area contributed by atoms with Gasteiger partial charge in [-0.1, -0.05) is 68.9 Å². The van der Waals surface area contributed by atoms with Gasteiger partial charge in [-0.3, -0.25) is 23.7 Å². The number of carbonyl (C=O) groups is 1. The maximum absolute atomic E-state index is 14.1. The lowest BCUT2D eigenvalue weighted by Crippen LogP contribution is -2.44. The van der Waals surface area contributed by atoms with Crippen molar-refractivity contribution < 1.29 is 4.79 Å². The highest BCUT2D eigenvalue weighted by Crippen LogP contribution is 2.32. The highest BCUT2D eigenvalue weighted by atomic mass is 16.2. The average molecular weight is 553 g/mol. The first-order valence-corrected chi connectivity index (χ1v) is 14.7. The summed E-state index contributed by atoms with van der Waals surface area (Å²) in [6.07, 6.45) is 15.1. The number of hydrogen-bond acceptors (Lipinski definition) is 5. The van der Waals surface area contributed by atoms with Gasteiger partial charge in [0.15, 0.2) is 11.2 Å². The van der Waals surface area contributed by atoms with E-state index >= 15 is 0 Å². The first-order valence-electron chi connectivity index (χ1n) is 14.7. The van der Waals surface area contributed by atoms with Crippen LogP contribution in [0.2, 0.25) is 0 Å². The highest BCUT2D eigenvalue weighted by molar-refractivity contribution is 6.23. The molecule has 9 heteroatoms. The van der Waals surface area contributed by atoms with Crippen molar-refractivity contribution in [2.75, 3.05) is 0 Å². The Labute approximate surface area is 238 Å². The van der Waals surface area contributed by atoms with Gasteiger partial charge >= 0.3 is 5.69 Å². The van der Waals surface area contributed by atoms with E-state index < -0.39 is 5.91 Å². The predicted molar refractivity (Wildman–Crippen MR) is 160 cm³/mol. The van der Waals surface area contributed by atoms with E-state index in [1.54, 1.807) is 30.6 Å². The van der Waals surface area contributed by atoms with E-state index in [0.717, 1.165) is 68.9 Å². The Kier molecular flexibility index (Phi) is 7.43. The topological polar surface area (TPSA) is 118 Å². The summed E-state index contributed by atoms with van der Waals surface area (Å²) in [6, 6.07) is 11.2. The van der Waals surface area contributed by atoms with E-state index in [2.05, 4.69) is 4.98 Å². The standard InChI is InChI=1S/C32H36N6O3/c1-36-29(22-16-14-21(15-17-22)19-26(28(33)39)23-9-8-18-34-20-23)35-27-30(36)37(24-10-4-2-5-11-24)32(41)38(31(27)40)25-12-6-3-7-13-25/h8-9,14-20,24-25H,2-7,10-13H2,1H3,(H2,33,39)/b26-19+. The fourth-order valence-corrected chi connectivity index (χ4v) is 6.62. The maximum atomic E-state index is 14.1. The number of pyridine rings is 1. The van der Waals surface area contributed by atoms with Crippen molar-refractivity contribution in [2.45, 2.75) is 76.3 Å². The number of hydrogen-bond donors (Lipinski definition) is 1. The number of aromatic nitrogens is 5. The lowest BCUT2D eigenvalue weighted by molar-refractivity contribution is -0.112. The zero-order valence-corrected chi connectivity index (χ0v) is 23.5. The quantitative estimate of drug-likeness (QED) is 0.338. The number of benzene rings is 1. The first-order chi connectivity index (χ1) is 19.9. The van der Waals surface area contributed by atoms with Gasteiger partial charge in [-0.15, -0.1) is 0 Å². The van der Waals surface area contributed by atoms with Crippen molar-refractivity contribution in [3.8, 4) is 11.4 Å². The summed E-state index contributed by atoms with van der Waals surface area (Å²) in [5.74, 6) is 0.0905. The molecular formula is C32H36N6O3. The van der Waals surface area contributed by atoms with Crippen LogP contribution >= 0.6 is 0 Å². The molecule has 2 aliphatic rings. The largest absolute Gasteiger partial charge is 0.366 e. The van der Waals surface area contributed by atoms with Crippen LogP contribution in [0.1, 0.15) is 87.4 Å². The van der Waals surface area contributed by atoms with Gasteiger partial charge in [0.25, 0.3) is 5.56 Å². The Balaban J connectivity index is 1.46. The van der Waals surface area contributed by atoms with Crippen molar-refractivity contribution in [3.05, 3.63) is 80.8 Å². The summed E-state index contributed by atoms with van der Waals surface area (Å²) < 4.78 is 5.29. The molecule has 3 heterocycles. The molecule has 2 N–H and O–H groups in total. The van der Waals surface area contributed by atoms with Crippen molar-refractivity contribution in [1.82, 2.24) is 23.7 Å². The molecule has 2 fully saturated rings. The molecule has 212 valence electrons. The van der Waals surface area contributed by atoms with E-state index in [4.69, 9.17) is 10.7 Å². The lowest BCUT2D eigenvalue weighted by atomic mass is 9.94. The molecule has 1 amide bonds. The molecular weight excluding hydrogens is 516 g/mol. The molecule has 2 saturated carbocycles. The second-order valence-corrected chi connectivity index (χ2v) is 11.4. The summed E-state index contributed by atoms with van der Waals surface area (Å²) in [4.78, 5) is 49.0. The van der Waals surface area contributed by atoms with Gasteiger partial charge in [0.05, 0.1) is 0 Å². The van der Waals surface area contributed by atoms with Crippen molar-refractivity contribution in [2.24, 2.45) is 12.8 Å². The number of aryl methyl sites for hydroxylation is 1. The molecule has 0 aliphatic heterocycles. The van der Waals surface area contributed by atoms with E-state index in [9.17, 15) is 14.4 Å². The highest BCUT2D eigenvalue weighted by Gasteiger charge is 2.29. The molecule has 0 bridgehead atoms. The second kappa shape index (κ2) is 11.3. The number of amides is 1. The normalized spacial score (nSPS) is 17.2. The fraction of sp³-hybridized carbons (Fsp3) is 0.406. The van der Waals surface area contributed by atoms with Crippen molar-refractivity contribution >= 4 is 28.7 Å². The van der Waals surface area contributed by atoms with E-state index in [1.165, 1.54) is 11.0 Å². The number of imidazole rings is 1. The number of primary amides is 1. The molecule has 41 heavy (non-hydrogen) atoms. The predicted octanol–water partition coefficient (Wildman–Crippen LogP) is 5.00. The van der Waals surface area contributed by atoms with Gasteiger partial charge in [0, 0.05) is 48.2 Å². The van der Waals surface area contributed by atoms with Crippen LogP contribution in [0.5, 0.6) is 0 Å². The van der Waals surface area contributed by atoms with Crippen LogP contribution in [0.3, 0.4) is 0 Å². The fourth-order valence-electron chi connectivity index (χ4n) is 6.62. The number of carbonyl (C=O) groups excluding carboxylic acids is 1. The van der Waals surface area contributed by atoms with Gasteiger partial charge in [0.1, 0.15) is 5.82 Å². The lowest BCUT2D eigenvalue weighted by Gasteiger charge is -2.28. The Morgan fingerprint density at radius 2 is 1.54 bits per heavy atom. The molecule has 1 aromatic carbocycles. The summed E-state index contributed by atoms with van der Waals surface area (Å²) in [7, 11) is 1.88. The second-order valence-electron chi connectivity index (χ2n) is 11.4. The van der Waals surface area contributed by atoms with Crippen LogP contribution in [-0.2, 0) is 11.8 Å². The molecule has 4 aromatic rings. The maximum Gasteiger partial charge on any atom is 0.333 e. The minimum Gasteiger partial charge on any atom is -0.366 e. The molecule has 6 rings (SSSR count). The third-order valence-electron chi connectivity index (χ3n) is 8.72. The molecule has 0 spiro atoms. The third-order valence-corrected chi connectivity index (χ3v) is 8.72. The zero-order chi connectivity index (χ0) is 28.5. The molecule has 0 saturated heterocycles. The van der Waals surface area contributed by atoms with Crippen LogP contribution < -0.4 is 17.0 Å². The van der Waals surface area contributed by atoms with Gasteiger partial charge in [0.2, 0.25) is 5.91 Å². The summed E-state index contributed by atoms with van der Waals surface area (Å²) >= 11 is 0. The minimum atomic E-state index is -0.535. The summed E-state index contributed by atoms with van der Waals surface area (Å²) in [6.45, 7) is 0. The Morgan fingerprint density at radius 1 is 0.902 bits per heavy atom. The smallest absolute Gasteiger partial charge is 0.333 e. The minimum absolute atomic E-state index is 0.0599. The van der Waals surface area contributed by atoms with Crippen LogP contribution in [0.15, 0.2) is 58.4 Å². The zero-order valence-electron chi connectivity index (χ0n) is 23.5. The Bertz CT molecular complexity index is 1720. The van der Waals surface area contributed by atoms with Crippen LogP contribution in [0.25, 0.3) is 34.2 Å². The Morgan fingerprint density at radius 3 is 2.12 bits per heavy atom. The summed E-state index contributed by atoms with van der Waals surface area (Å²) in [5, 5.41) is 0. The van der Waals surface area contributed by atoms with Crippen LogP contribution in [0, 0.1) is 0 Å². The average Bonchev–Trinajstić information content (AvgIpc) is 3.34. The van der Waals surface area contributed by atoms with Crippen LogP contribution in [0.4, 0.5) is 0 Å². The van der Waals surface area contributed by atoms with E-state index in [0.29, 0.717) is 28.1 Å². The summed E-state index contributed by atoms with van der Waals surface area (Å²) in [5.41, 5.74) is 8.77. The molecule has 0 radical (unpaired) electrons. The van der Waals surface area contributed by atoms with E-state index in [-0.39, 0.29) is 23.3 Å². The molecule has 2 aliphatic carbocycles. The van der Waals surface area contributed by atoms with Crippen molar-refractivity contribution in [1.29, 1.82) is 0 Å². The molecule has 0 atom stereocenters. The number of fused-ring (bicyclic) bond motifs is 1. The van der Waals surface area contributed by atoms with Gasteiger partial charge in [-0.05, 0) is 43.4 Å². The number of nitrogens with zero attached hydrogens (tertiary/aromatic N) is 5. The van der Waals surface area contributed by atoms with Gasteiger partial charge in [-0.25, -0.2) is 9.78 Å². The van der Waals surface area contributed by atoms with Crippen molar-refractivity contribution in [3.63, 3.8) is 0 Å². The molecule has 0 unspecified atom stereocenters. The first kappa shape index (κ1) is 26.9. The number of rotatable bonds is 6. The number of nitrogens with two attached hydrogens (primary N) is 1. The third kappa shape index (κ3) is 5.05. The van der Waals surface area contributed by atoms with E-state index in [1.807, 2.05) is 40.4 Å². The van der Waals surface area contributed by atoms with Gasteiger partial charge < -0.3 is 10.3 Å². The van der Waals surface area contributed by atoms with Gasteiger partial charge in [-0.2, -0.15) is 0 Å². The Hall–Kier alpha value is -4.27. The monoisotopic (exact) mass is 552 g/mol. The molecule has 9 nitrogen and oxygen atoms in total.